The average molecular weight is 394 g/mol. The van der Waals surface area contributed by atoms with Gasteiger partial charge in [0.05, 0.1) is 23.7 Å². The van der Waals surface area contributed by atoms with Gasteiger partial charge in [0.2, 0.25) is 5.95 Å². The smallest absolute Gasteiger partial charge is 0.337 e. The highest BCUT2D eigenvalue weighted by molar-refractivity contribution is 6.05. The molecule has 2 aromatic carbocycles. The molecule has 0 aliphatic rings. The number of ether oxygens (including phenoxy) is 1. The first-order chi connectivity index (χ1) is 14.1. The van der Waals surface area contributed by atoms with Gasteiger partial charge in [-0.15, -0.1) is 0 Å². The maximum atomic E-state index is 12.8. The Morgan fingerprint density at radius 3 is 2.59 bits per heavy atom. The highest BCUT2D eigenvalue weighted by Crippen LogP contribution is 2.21. The summed E-state index contributed by atoms with van der Waals surface area (Å²) in [5, 5.41) is 2.89. The lowest BCUT2D eigenvalue weighted by atomic mass is 10.1. The molecule has 0 radical (unpaired) electrons. The van der Waals surface area contributed by atoms with Crippen molar-refractivity contribution < 1.29 is 14.3 Å². The molecule has 0 saturated heterocycles. The lowest BCUT2D eigenvalue weighted by Crippen LogP contribution is -2.17. The van der Waals surface area contributed by atoms with Crippen LogP contribution in [-0.2, 0) is 11.3 Å². The van der Waals surface area contributed by atoms with E-state index >= 15 is 0 Å². The number of imidazole rings is 1. The standard InChI is InChI=1S/C22H26N4O3/c1-29-21(28)17-10-8-9-16(15-17)20(27)25-22-24-18-11-4-5-12-19(18)26(22)14-7-3-2-6-13-23/h4-5,8-12,15H,2-3,6-7,13-14,23H2,1H3,(H,24,25,27). The van der Waals surface area contributed by atoms with Crippen molar-refractivity contribution in [1.29, 1.82) is 0 Å². The van der Waals surface area contributed by atoms with Crippen LogP contribution in [0.25, 0.3) is 11.0 Å². The van der Waals surface area contributed by atoms with E-state index < -0.39 is 5.97 Å². The number of aromatic nitrogens is 2. The monoisotopic (exact) mass is 394 g/mol. The number of para-hydroxylation sites is 2. The Bertz CT molecular complexity index is 997. The number of carbonyl (C=O) groups is 2. The second-order valence-corrected chi connectivity index (χ2v) is 6.81. The number of rotatable bonds is 9. The van der Waals surface area contributed by atoms with Crippen molar-refractivity contribution in [3.63, 3.8) is 0 Å². The van der Waals surface area contributed by atoms with E-state index in [-0.39, 0.29) is 5.91 Å². The summed E-state index contributed by atoms with van der Waals surface area (Å²) in [6.07, 6.45) is 4.15. The highest BCUT2D eigenvalue weighted by Gasteiger charge is 2.15. The van der Waals surface area contributed by atoms with Crippen LogP contribution in [0.3, 0.4) is 0 Å². The van der Waals surface area contributed by atoms with E-state index in [1.165, 1.54) is 13.2 Å². The number of carbonyl (C=O) groups excluding carboxylic acids is 2. The molecule has 1 amide bonds. The quantitative estimate of drug-likeness (QED) is 0.427. The molecule has 0 aliphatic carbocycles. The van der Waals surface area contributed by atoms with Gasteiger partial charge in [-0.2, -0.15) is 0 Å². The van der Waals surface area contributed by atoms with Crippen LogP contribution in [0.2, 0.25) is 0 Å². The largest absolute Gasteiger partial charge is 0.465 e. The molecule has 1 aromatic heterocycles. The van der Waals surface area contributed by atoms with Crippen molar-refractivity contribution in [2.45, 2.75) is 32.2 Å². The first-order valence-corrected chi connectivity index (χ1v) is 9.79. The van der Waals surface area contributed by atoms with E-state index in [2.05, 4.69) is 10.3 Å². The summed E-state index contributed by atoms with van der Waals surface area (Å²) in [6, 6.07) is 14.2. The first kappa shape index (κ1) is 20.5. The number of hydrogen-bond donors (Lipinski definition) is 2. The third-order valence-corrected chi connectivity index (χ3v) is 4.76. The summed E-state index contributed by atoms with van der Waals surface area (Å²) >= 11 is 0. The van der Waals surface area contributed by atoms with Gasteiger partial charge in [0, 0.05) is 12.1 Å². The molecule has 0 spiro atoms. The average Bonchev–Trinajstić information content (AvgIpc) is 3.10. The predicted octanol–water partition coefficient (Wildman–Crippen LogP) is 3.59. The van der Waals surface area contributed by atoms with Crippen molar-refractivity contribution >= 4 is 28.9 Å². The molecule has 152 valence electrons. The van der Waals surface area contributed by atoms with Gasteiger partial charge in [-0.1, -0.05) is 31.0 Å². The van der Waals surface area contributed by atoms with Crippen molar-refractivity contribution in [3.05, 3.63) is 59.7 Å². The number of fused-ring (bicyclic) bond motifs is 1. The fourth-order valence-corrected chi connectivity index (χ4v) is 3.24. The number of hydrogen-bond acceptors (Lipinski definition) is 5. The topological polar surface area (TPSA) is 99.2 Å². The molecule has 0 saturated carbocycles. The van der Waals surface area contributed by atoms with Gasteiger partial charge in [-0.25, -0.2) is 9.78 Å². The molecular weight excluding hydrogens is 368 g/mol. The molecular formula is C22H26N4O3. The van der Waals surface area contributed by atoms with Crippen LogP contribution in [0.1, 0.15) is 46.4 Å². The zero-order chi connectivity index (χ0) is 20.6. The number of unbranched alkanes of at least 4 members (excludes halogenated alkanes) is 3. The lowest BCUT2D eigenvalue weighted by molar-refractivity contribution is 0.0600. The molecule has 0 fully saturated rings. The molecule has 7 nitrogen and oxygen atoms in total. The lowest BCUT2D eigenvalue weighted by Gasteiger charge is -2.10. The van der Waals surface area contributed by atoms with Crippen LogP contribution < -0.4 is 11.1 Å². The summed E-state index contributed by atoms with van der Waals surface area (Å²) in [6.45, 7) is 1.46. The van der Waals surface area contributed by atoms with Crippen molar-refractivity contribution in [2.24, 2.45) is 5.73 Å². The Hall–Kier alpha value is -3.19. The number of amides is 1. The summed E-state index contributed by atoms with van der Waals surface area (Å²) in [7, 11) is 1.31. The Balaban J connectivity index is 1.81. The van der Waals surface area contributed by atoms with Crippen LogP contribution in [-0.4, -0.2) is 35.1 Å². The van der Waals surface area contributed by atoms with E-state index in [1.54, 1.807) is 18.2 Å². The summed E-state index contributed by atoms with van der Waals surface area (Å²) in [4.78, 5) is 29.1. The number of benzene rings is 2. The summed E-state index contributed by atoms with van der Waals surface area (Å²) in [5.74, 6) is -0.307. The van der Waals surface area contributed by atoms with Gasteiger partial charge in [0.15, 0.2) is 0 Å². The van der Waals surface area contributed by atoms with Gasteiger partial charge >= 0.3 is 5.97 Å². The third-order valence-electron chi connectivity index (χ3n) is 4.76. The minimum Gasteiger partial charge on any atom is -0.465 e. The zero-order valence-corrected chi connectivity index (χ0v) is 16.6. The first-order valence-electron chi connectivity index (χ1n) is 9.79. The fourth-order valence-electron chi connectivity index (χ4n) is 3.24. The SMILES string of the molecule is COC(=O)c1cccc(C(=O)Nc2nc3ccccc3n2CCCCCCN)c1. The normalized spacial score (nSPS) is 10.8. The van der Waals surface area contributed by atoms with Gasteiger partial charge < -0.3 is 15.0 Å². The van der Waals surface area contributed by atoms with E-state index in [9.17, 15) is 9.59 Å². The number of methoxy groups -OCH3 is 1. The molecule has 3 rings (SSSR count). The van der Waals surface area contributed by atoms with Crippen LogP contribution in [0.4, 0.5) is 5.95 Å². The number of nitrogens with two attached hydrogens (primary N) is 1. The molecule has 3 aromatic rings. The van der Waals surface area contributed by atoms with Crippen LogP contribution >= 0.6 is 0 Å². The summed E-state index contributed by atoms with van der Waals surface area (Å²) < 4.78 is 6.75. The van der Waals surface area contributed by atoms with Gasteiger partial charge in [-0.3, -0.25) is 10.1 Å². The Morgan fingerprint density at radius 2 is 1.79 bits per heavy atom. The van der Waals surface area contributed by atoms with Crippen LogP contribution in [0.15, 0.2) is 48.5 Å². The third kappa shape index (κ3) is 5.00. The second kappa shape index (κ2) is 9.84. The molecule has 0 atom stereocenters. The number of nitrogens with zero attached hydrogens (tertiary/aromatic N) is 2. The molecule has 0 bridgehead atoms. The number of aryl methyl sites for hydroxylation is 1. The molecule has 1 heterocycles. The van der Waals surface area contributed by atoms with Gasteiger partial charge in [0.1, 0.15) is 0 Å². The minimum absolute atomic E-state index is 0.324. The molecule has 0 aliphatic heterocycles. The molecule has 0 unspecified atom stereocenters. The van der Waals surface area contributed by atoms with Crippen molar-refractivity contribution in [3.8, 4) is 0 Å². The van der Waals surface area contributed by atoms with E-state index in [1.807, 2.05) is 28.8 Å². The molecule has 7 heteroatoms. The number of anilines is 1. The van der Waals surface area contributed by atoms with Crippen LogP contribution in [0.5, 0.6) is 0 Å². The molecule has 29 heavy (non-hydrogen) atoms. The summed E-state index contributed by atoms with van der Waals surface area (Å²) in [5.41, 5.74) is 8.06. The van der Waals surface area contributed by atoms with Crippen LogP contribution in [0, 0.1) is 0 Å². The molecule has 3 N–H and O–H groups in total. The van der Waals surface area contributed by atoms with E-state index in [0.29, 0.717) is 23.6 Å². The number of esters is 1. The highest BCUT2D eigenvalue weighted by atomic mass is 16.5. The Labute approximate surface area is 169 Å². The fraction of sp³-hybridized carbons (Fsp3) is 0.318. The van der Waals surface area contributed by atoms with Gasteiger partial charge in [0.25, 0.3) is 5.91 Å². The minimum atomic E-state index is -0.482. The predicted molar refractivity (Wildman–Crippen MR) is 113 cm³/mol. The maximum Gasteiger partial charge on any atom is 0.337 e. The van der Waals surface area contributed by atoms with E-state index in [0.717, 1.165) is 43.3 Å². The zero-order valence-electron chi connectivity index (χ0n) is 16.6. The second-order valence-electron chi connectivity index (χ2n) is 6.81. The van der Waals surface area contributed by atoms with Crippen molar-refractivity contribution in [1.82, 2.24) is 9.55 Å². The Morgan fingerprint density at radius 1 is 1.03 bits per heavy atom. The Kier molecular flexibility index (Phi) is 6.97. The maximum absolute atomic E-state index is 12.8. The van der Waals surface area contributed by atoms with E-state index in [4.69, 9.17) is 10.5 Å². The number of nitrogens with one attached hydrogen (secondary N) is 1. The van der Waals surface area contributed by atoms with Crippen molar-refractivity contribution in [2.75, 3.05) is 19.0 Å². The van der Waals surface area contributed by atoms with Gasteiger partial charge in [-0.05, 0) is 49.7 Å².